The summed E-state index contributed by atoms with van der Waals surface area (Å²) in [4.78, 5) is 18.6. The minimum atomic E-state index is 0.111. The molecule has 1 saturated heterocycles. The van der Waals surface area contributed by atoms with Gasteiger partial charge in [-0.25, -0.2) is 0 Å². The Labute approximate surface area is 167 Å². The van der Waals surface area contributed by atoms with Crippen molar-refractivity contribution in [1.29, 1.82) is 0 Å². The van der Waals surface area contributed by atoms with Crippen LogP contribution in [0.1, 0.15) is 35.9 Å². The number of nitrogens with zero attached hydrogens (tertiary/aromatic N) is 2. The van der Waals surface area contributed by atoms with Gasteiger partial charge in [-0.2, -0.15) is 0 Å². The summed E-state index contributed by atoms with van der Waals surface area (Å²) >= 11 is 1.71. The van der Waals surface area contributed by atoms with Crippen molar-refractivity contribution in [3.63, 3.8) is 0 Å². The van der Waals surface area contributed by atoms with E-state index in [2.05, 4.69) is 77.7 Å². The Balaban J connectivity index is 1.45. The van der Waals surface area contributed by atoms with Gasteiger partial charge in [0.2, 0.25) is 5.91 Å². The predicted molar refractivity (Wildman–Crippen MR) is 113 cm³/mol. The Kier molecular flexibility index (Phi) is 7.05. The van der Waals surface area contributed by atoms with Gasteiger partial charge in [-0.3, -0.25) is 14.6 Å². The highest BCUT2D eigenvalue weighted by atomic mass is 32.1. The minimum absolute atomic E-state index is 0.111. The Bertz CT molecular complexity index is 721. The van der Waals surface area contributed by atoms with E-state index < -0.39 is 0 Å². The molecule has 1 aromatic carbocycles. The molecule has 4 nitrogen and oxygen atoms in total. The third-order valence-electron chi connectivity index (χ3n) is 5.15. The fourth-order valence-electron chi connectivity index (χ4n) is 3.63. The lowest BCUT2D eigenvalue weighted by atomic mass is 10.0. The first-order valence-corrected chi connectivity index (χ1v) is 10.7. The molecule has 0 aliphatic carbocycles. The van der Waals surface area contributed by atoms with Gasteiger partial charge >= 0.3 is 0 Å². The third kappa shape index (κ3) is 5.89. The van der Waals surface area contributed by atoms with Crippen LogP contribution in [0.25, 0.3) is 0 Å². The first-order chi connectivity index (χ1) is 13.0. The zero-order chi connectivity index (χ0) is 19.2. The van der Waals surface area contributed by atoms with Gasteiger partial charge in [0, 0.05) is 37.6 Å². The number of amides is 1. The molecule has 0 saturated carbocycles. The molecule has 0 bridgehead atoms. The van der Waals surface area contributed by atoms with Crippen LogP contribution in [0.15, 0.2) is 41.8 Å². The van der Waals surface area contributed by atoms with Crippen LogP contribution in [0, 0.1) is 12.8 Å². The fourth-order valence-corrected chi connectivity index (χ4v) is 4.58. The van der Waals surface area contributed by atoms with E-state index >= 15 is 0 Å². The number of carbonyl (C=O) groups is 1. The van der Waals surface area contributed by atoms with Crippen molar-refractivity contribution in [2.45, 2.75) is 33.4 Å². The van der Waals surface area contributed by atoms with Crippen molar-refractivity contribution >= 4 is 17.2 Å². The van der Waals surface area contributed by atoms with Crippen LogP contribution >= 0.6 is 11.3 Å². The van der Waals surface area contributed by atoms with Gasteiger partial charge in [0.1, 0.15) is 0 Å². The number of benzene rings is 1. The minimum Gasteiger partial charge on any atom is -0.347 e. The average molecular weight is 386 g/mol. The number of carbonyl (C=O) groups excluding carboxylic acids is 1. The lowest BCUT2D eigenvalue weighted by molar-refractivity contribution is -0.123. The monoisotopic (exact) mass is 385 g/mol. The van der Waals surface area contributed by atoms with Crippen LogP contribution in [0.2, 0.25) is 0 Å². The topological polar surface area (TPSA) is 35.6 Å². The number of rotatable bonds is 7. The van der Waals surface area contributed by atoms with Crippen LogP contribution in [0.5, 0.6) is 0 Å². The largest absolute Gasteiger partial charge is 0.347 e. The second-order valence-corrected chi connectivity index (χ2v) is 8.83. The van der Waals surface area contributed by atoms with Gasteiger partial charge in [0.15, 0.2) is 0 Å². The van der Waals surface area contributed by atoms with E-state index in [9.17, 15) is 4.79 Å². The zero-order valence-electron chi connectivity index (χ0n) is 16.6. The summed E-state index contributed by atoms with van der Waals surface area (Å²) in [5, 5.41) is 5.31. The van der Waals surface area contributed by atoms with Crippen molar-refractivity contribution in [2.24, 2.45) is 5.92 Å². The first-order valence-electron chi connectivity index (χ1n) is 9.84. The third-order valence-corrected chi connectivity index (χ3v) is 6.11. The van der Waals surface area contributed by atoms with Crippen LogP contribution < -0.4 is 5.32 Å². The maximum absolute atomic E-state index is 12.6. The lowest BCUT2D eigenvalue weighted by Gasteiger charge is -2.34. The average Bonchev–Trinajstić information content (AvgIpc) is 3.15. The second-order valence-electron chi connectivity index (χ2n) is 7.85. The number of thiophene rings is 1. The van der Waals surface area contributed by atoms with E-state index in [0.717, 1.165) is 32.7 Å². The molecule has 2 heterocycles. The molecule has 1 aromatic heterocycles. The highest BCUT2D eigenvalue weighted by molar-refractivity contribution is 7.10. The molecule has 2 aromatic rings. The standard InChI is InChI=1S/C22H31N3OS/c1-17(2)22(20-8-5-13-27-20)23-21(26)16-25-11-9-24(10-12-25)15-19-7-4-6-18(3)14-19/h4-8,13-14,17,22H,9-12,15-16H2,1-3H3,(H,23,26). The summed E-state index contributed by atoms with van der Waals surface area (Å²) in [6, 6.07) is 13.0. The van der Waals surface area contributed by atoms with Crippen LogP contribution in [0.3, 0.4) is 0 Å². The molecule has 5 heteroatoms. The molecule has 1 N–H and O–H groups in total. The Hall–Kier alpha value is -1.69. The first kappa shape index (κ1) is 20.1. The number of hydrogen-bond acceptors (Lipinski definition) is 4. The summed E-state index contributed by atoms with van der Waals surface area (Å²) < 4.78 is 0. The molecule has 1 aliphatic rings. The molecule has 1 amide bonds. The summed E-state index contributed by atoms with van der Waals surface area (Å²) in [7, 11) is 0. The predicted octanol–water partition coefficient (Wildman–Crippen LogP) is 3.69. The molecule has 0 radical (unpaired) electrons. The smallest absolute Gasteiger partial charge is 0.234 e. The maximum atomic E-state index is 12.6. The zero-order valence-corrected chi connectivity index (χ0v) is 17.5. The fraction of sp³-hybridized carbons (Fsp3) is 0.500. The quantitative estimate of drug-likeness (QED) is 0.790. The number of aryl methyl sites for hydroxylation is 1. The summed E-state index contributed by atoms with van der Waals surface area (Å²) in [5.74, 6) is 0.521. The van der Waals surface area contributed by atoms with Gasteiger partial charge in [0.05, 0.1) is 12.6 Å². The molecule has 1 atom stereocenters. The van der Waals surface area contributed by atoms with Gasteiger partial charge < -0.3 is 5.32 Å². The summed E-state index contributed by atoms with van der Waals surface area (Å²) in [5.41, 5.74) is 2.69. The van der Waals surface area contributed by atoms with Crippen molar-refractivity contribution in [3.05, 3.63) is 57.8 Å². The second kappa shape index (κ2) is 9.49. The highest BCUT2D eigenvalue weighted by Crippen LogP contribution is 2.25. The van der Waals surface area contributed by atoms with E-state index in [1.807, 2.05) is 0 Å². The number of nitrogens with one attached hydrogen (secondary N) is 1. The molecule has 1 aliphatic heterocycles. The normalized spacial score (nSPS) is 17.2. The molecule has 146 valence electrons. The van der Waals surface area contributed by atoms with Crippen molar-refractivity contribution in [3.8, 4) is 0 Å². The summed E-state index contributed by atoms with van der Waals surface area (Å²) in [6.07, 6.45) is 0. The van der Waals surface area contributed by atoms with Gasteiger partial charge in [-0.1, -0.05) is 49.7 Å². The number of piperazine rings is 1. The lowest BCUT2D eigenvalue weighted by Crippen LogP contribution is -2.49. The molecular weight excluding hydrogens is 354 g/mol. The van der Waals surface area contributed by atoms with E-state index in [4.69, 9.17) is 0 Å². The molecule has 1 fully saturated rings. The van der Waals surface area contributed by atoms with Gasteiger partial charge in [-0.05, 0) is 29.9 Å². The van der Waals surface area contributed by atoms with Crippen LogP contribution in [0.4, 0.5) is 0 Å². The van der Waals surface area contributed by atoms with Crippen LogP contribution in [-0.2, 0) is 11.3 Å². The van der Waals surface area contributed by atoms with Gasteiger partial charge in [-0.15, -0.1) is 11.3 Å². The Morgan fingerprint density at radius 1 is 1.11 bits per heavy atom. The summed E-state index contributed by atoms with van der Waals surface area (Å²) in [6.45, 7) is 11.9. The van der Waals surface area contributed by atoms with E-state index in [-0.39, 0.29) is 11.9 Å². The molecule has 0 spiro atoms. The van der Waals surface area contributed by atoms with Gasteiger partial charge in [0.25, 0.3) is 0 Å². The number of hydrogen-bond donors (Lipinski definition) is 1. The van der Waals surface area contributed by atoms with Crippen molar-refractivity contribution in [2.75, 3.05) is 32.7 Å². The van der Waals surface area contributed by atoms with Crippen molar-refractivity contribution < 1.29 is 4.79 Å². The van der Waals surface area contributed by atoms with E-state index in [1.54, 1.807) is 11.3 Å². The molecule has 1 unspecified atom stereocenters. The van der Waals surface area contributed by atoms with Crippen molar-refractivity contribution in [1.82, 2.24) is 15.1 Å². The molecule has 3 rings (SSSR count). The highest BCUT2D eigenvalue weighted by Gasteiger charge is 2.23. The Morgan fingerprint density at radius 3 is 2.48 bits per heavy atom. The Morgan fingerprint density at radius 2 is 1.85 bits per heavy atom. The maximum Gasteiger partial charge on any atom is 0.234 e. The van der Waals surface area contributed by atoms with E-state index in [0.29, 0.717) is 12.5 Å². The molecule has 27 heavy (non-hydrogen) atoms. The SMILES string of the molecule is Cc1cccc(CN2CCN(CC(=O)NC(c3cccs3)C(C)C)CC2)c1. The van der Waals surface area contributed by atoms with E-state index in [1.165, 1.54) is 16.0 Å². The molecular formula is C22H31N3OS. The van der Waals surface area contributed by atoms with Crippen LogP contribution in [-0.4, -0.2) is 48.4 Å².